The van der Waals surface area contributed by atoms with E-state index in [0.717, 1.165) is 12.8 Å². The summed E-state index contributed by atoms with van der Waals surface area (Å²) in [5.41, 5.74) is 0. The van der Waals surface area contributed by atoms with Crippen LogP contribution in [0.2, 0.25) is 0 Å². The molecule has 0 aromatic rings. The fourth-order valence-electron chi connectivity index (χ4n) is 0.867. The molecular weight excluding hydrogens is 168 g/mol. The smallest absolute Gasteiger partial charge is 0.219 e. The topological polar surface area (TPSA) is 58.2 Å². The van der Waals surface area contributed by atoms with E-state index in [9.17, 15) is 9.59 Å². The zero-order valence-electron chi connectivity index (χ0n) is 8.35. The molecule has 0 bridgehead atoms. The van der Waals surface area contributed by atoms with Crippen LogP contribution >= 0.6 is 0 Å². The summed E-state index contributed by atoms with van der Waals surface area (Å²) in [6, 6.07) is 0. The van der Waals surface area contributed by atoms with Crippen LogP contribution in [0.15, 0.2) is 0 Å². The Labute approximate surface area is 79.1 Å². The zero-order valence-corrected chi connectivity index (χ0v) is 8.35. The predicted octanol–water partition coefficient (Wildman–Crippen LogP) is 0.429. The molecule has 0 saturated heterocycles. The number of carbonyl (C=O) groups excluding carboxylic acids is 2. The third-order valence-corrected chi connectivity index (χ3v) is 1.62. The van der Waals surface area contributed by atoms with E-state index in [1.807, 2.05) is 6.92 Å². The van der Waals surface area contributed by atoms with Gasteiger partial charge in [-0.2, -0.15) is 0 Å². The summed E-state index contributed by atoms with van der Waals surface area (Å²) in [6.45, 7) is 4.72. The lowest BCUT2D eigenvalue weighted by molar-refractivity contribution is -0.121. The number of hydrogen-bond donors (Lipinski definition) is 2. The molecule has 0 aliphatic rings. The first-order valence-corrected chi connectivity index (χ1v) is 4.68. The van der Waals surface area contributed by atoms with Crippen LogP contribution in [0.4, 0.5) is 0 Å². The minimum atomic E-state index is -0.00223. The normalized spacial score (nSPS) is 9.38. The van der Waals surface area contributed by atoms with Crippen molar-refractivity contribution in [3.63, 3.8) is 0 Å². The van der Waals surface area contributed by atoms with Gasteiger partial charge in [-0.3, -0.25) is 9.59 Å². The summed E-state index contributed by atoms with van der Waals surface area (Å²) in [4.78, 5) is 21.2. The molecular formula is C9H18N2O2. The monoisotopic (exact) mass is 186 g/mol. The Bertz CT molecular complexity index is 169. The zero-order chi connectivity index (χ0) is 10.1. The molecule has 0 unspecified atom stereocenters. The maximum atomic E-state index is 10.8. The molecule has 2 N–H and O–H groups in total. The third-order valence-electron chi connectivity index (χ3n) is 1.62. The lowest BCUT2D eigenvalue weighted by Gasteiger charge is -2.03. The average molecular weight is 186 g/mol. The first-order chi connectivity index (χ1) is 6.16. The van der Waals surface area contributed by atoms with E-state index in [4.69, 9.17) is 0 Å². The van der Waals surface area contributed by atoms with E-state index in [1.165, 1.54) is 6.92 Å². The second-order valence-electron chi connectivity index (χ2n) is 2.89. The second-order valence-corrected chi connectivity index (χ2v) is 2.89. The summed E-state index contributed by atoms with van der Waals surface area (Å²) < 4.78 is 0. The highest BCUT2D eigenvalue weighted by Gasteiger charge is 1.95. The Kier molecular flexibility index (Phi) is 6.96. The number of amides is 2. The Morgan fingerprint density at radius 1 is 1.08 bits per heavy atom. The van der Waals surface area contributed by atoms with Crippen molar-refractivity contribution in [2.75, 3.05) is 13.1 Å². The van der Waals surface area contributed by atoms with Crippen molar-refractivity contribution in [2.24, 2.45) is 0 Å². The van der Waals surface area contributed by atoms with E-state index < -0.39 is 0 Å². The molecule has 0 aromatic carbocycles. The average Bonchev–Trinajstić information content (AvgIpc) is 2.10. The minimum Gasteiger partial charge on any atom is -0.356 e. The molecule has 0 fully saturated rings. The quantitative estimate of drug-likeness (QED) is 0.591. The number of hydrogen-bond acceptors (Lipinski definition) is 2. The summed E-state index contributed by atoms with van der Waals surface area (Å²) in [5.74, 6) is 0.0807. The van der Waals surface area contributed by atoms with Gasteiger partial charge in [0, 0.05) is 26.4 Å². The molecule has 0 aliphatic carbocycles. The molecule has 0 atom stereocenters. The van der Waals surface area contributed by atoms with Crippen molar-refractivity contribution >= 4 is 11.8 Å². The number of rotatable bonds is 6. The fourth-order valence-corrected chi connectivity index (χ4v) is 0.867. The predicted molar refractivity (Wildman–Crippen MR) is 51.2 cm³/mol. The molecule has 0 radical (unpaired) electrons. The molecule has 76 valence electrons. The van der Waals surface area contributed by atoms with Gasteiger partial charge >= 0.3 is 0 Å². The van der Waals surface area contributed by atoms with Crippen LogP contribution in [0.5, 0.6) is 0 Å². The molecule has 0 rings (SSSR count). The molecule has 0 aliphatic heterocycles. The first kappa shape index (κ1) is 11.9. The van der Waals surface area contributed by atoms with Crippen molar-refractivity contribution in [3.8, 4) is 0 Å². The highest BCUT2D eigenvalue weighted by molar-refractivity contribution is 5.75. The first-order valence-electron chi connectivity index (χ1n) is 4.68. The minimum absolute atomic E-state index is 0.00223. The van der Waals surface area contributed by atoms with E-state index >= 15 is 0 Å². The number of carbonyl (C=O) groups is 2. The van der Waals surface area contributed by atoms with Gasteiger partial charge in [-0.25, -0.2) is 0 Å². The second kappa shape index (κ2) is 7.58. The van der Waals surface area contributed by atoms with E-state index in [1.54, 1.807) is 0 Å². The van der Waals surface area contributed by atoms with Crippen molar-refractivity contribution in [3.05, 3.63) is 0 Å². The van der Waals surface area contributed by atoms with Gasteiger partial charge in [0.2, 0.25) is 11.8 Å². The van der Waals surface area contributed by atoms with Gasteiger partial charge in [-0.05, 0) is 12.8 Å². The fraction of sp³-hybridized carbons (Fsp3) is 0.778. The lowest BCUT2D eigenvalue weighted by Crippen LogP contribution is -2.25. The van der Waals surface area contributed by atoms with Crippen LogP contribution in [0.1, 0.15) is 33.1 Å². The molecule has 0 aromatic heterocycles. The maximum Gasteiger partial charge on any atom is 0.219 e. The Morgan fingerprint density at radius 3 is 2.08 bits per heavy atom. The molecule has 2 amide bonds. The van der Waals surface area contributed by atoms with Crippen molar-refractivity contribution in [1.82, 2.24) is 10.6 Å². The van der Waals surface area contributed by atoms with Crippen LogP contribution in [0.25, 0.3) is 0 Å². The van der Waals surface area contributed by atoms with E-state index in [0.29, 0.717) is 19.5 Å². The Balaban J connectivity index is 3.08. The standard InChI is InChI=1S/C9H18N2O2/c1-3-9(13)11-7-5-4-6-10-8(2)12/h3-7H2,1-2H3,(H,10,12)(H,11,13). The number of unbranched alkanes of at least 4 members (excludes halogenated alkanes) is 1. The van der Waals surface area contributed by atoms with Gasteiger partial charge < -0.3 is 10.6 Å². The highest BCUT2D eigenvalue weighted by atomic mass is 16.2. The van der Waals surface area contributed by atoms with Gasteiger partial charge in [-0.1, -0.05) is 6.92 Å². The van der Waals surface area contributed by atoms with Crippen molar-refractivity contribution < 1.29 is 9.59 Å². The van der Waals surface area contributed by atoms with Gasteiger partial charge in [-0.15, -0.1) is 0 Å². The van der Waals surface area contributed by atoms with E-state index in [-0.39, 0.29) is 11.8 Å². The van der Waals surface area contributed by atoms with Crippen LogP contribution in [-0.4, -0.2) is 24.9 Å². The summed E-state index contributed by atoms with van der Waals surface area (Å²) >= 11 is 0. The SMILES string of the molecule is CCC(=O)NCCCCNC(C)=O. The van der Waals surface area contributed by atoms with E-state index in [2.05, 4.69) is 10.6 Å². The summed E-state index contributed by atoms with van der Waals surface area (Å²) in [6.07, 6.45) is 2.35. The van der Waals surface area contributed by atoms with Crippen LogP contribution in [0, 0.1) is 0 Å². The molecule has 0 spiro atoms. The molecule has 4 heteroatoms. The summed E-state index contributed by atoms with van der Waals surface area (Å²) in [5, 5.41) is 5.46. The van der Waals surface area contributed by atoms with Gasteiger partial charge in [0.05, 0.1) is 0 Å². The summed E-state index contributed by atoms with van der Waals surface area (Å²) in [7, 11) is 0. The van der Waals surface area contributed by atoms with Crippen LogP contribution < -0.4 is 10.6 Å². The maximum absolute atomic E-state index is 10.8. The number of nitrogens with one attached hydrogen (secondary N) is 2. The Morgan fingerprint density at radius 2 is 1.62 bits per heavy atom. The van der Waals surface area contributed by atoms with Gasteiger partial charge in [0.25, 0.3) is 0 Å². The van der Waals surface area contributed by atoms with Gasteiger partial charge in [0.15, 0.2) is 0 Å². The van der Waals surface area contributed by atoms with Gasteiger partial charge in [0.1, 0.15) is 0 Å². The molecule has 4 nitrogen and oxygen atoms in total. The van der Waals surface area contributed by atoms with Crippen molar-refractivity contribution in [1.29, 1.82) is 0 Å². The molecule has 13 heavy (non-hydrogen) atoms. The largest absolute Gasteiger partial charge is 0.356 e. The lowest BCUT2D eigenvalue weighted by atomic mass is 10.3. The van der Waals surface area contributed by atoms with Crippen LogP contribution in [-0.2, 0) is 9.59 Å². The molecule has 0 saturated carbocycles. The Hall–Kier alpha value is -1.06. The molecule has 0 heterocycles. The highest BCUT2D eigenvalue weighted by Crippen LogP contribution is 1.85. The van der Waals surface area contributed by atoms with Crippen LogP contribution in [0.3, 0.4) is 0 Å². The third kappa shape index (κ3) is 8.85. The van der Waals surface area contributed by atoms with Crippen molar-refractivity contribution in [2.45, 2.75) is 33.1 Å².